The first-order valence-electron chi connectivity index (χ1n) is 4.75. The number of aromatic amines is 2. The Morgan fingerprint density at radius 3 is 2.86 bits per heavy atom. The van der Waals surface area contributed by atoms with Gasteiger partial charge in [-0.3, -0.25) is 9.78 Å². The minimum Gasteiger partial charge on any atom is -0.330 e. The fraction of sp³-hybridized carbons (Fsp3) is 0.556. The molecule has 0 spiro atoms. The van der Waals surface area contributed by atoms with Gasteiger partial charge in [-0.15, -0.1) is 0 Å². The molecule has 0 bridgehead atoms. The van der Waals surface area contributed by atoms with Crippen LogP contribution in [0.3, 0.4) is 0 Å². The first-order chi connectivity index (χ1) is 6.70. The monoisotopic (exact) mass is 195 g/mol. The summed E-state index contributed by atoms with van der Waals surface area (Å²) >= 11 is 0. The lowest BCUT2D eigenvalue weighted by molar-refractivity contribution is 0.458. The Hall–Kier alpha value is -1.36. The van der Waals surface area contributed by atoms with E-state index in [1.807, 2.05) is 0 Å². The lowest BCUT2D eigenvalue weighted by atomic mass is 9.87. The minimum absolute atomic E-state index is 0.262. The first-order valence-corrected chi connectivity index (χ1v) is 4.75. The van der Waals surface area contributed by atoms with Crippen LogP contribution in [0.2, 0.25) is 0 Å². The van der Waals surface area contributed by atoms with Gasteiger partial charge < -0.3 is 10.7 Å². The topological polar surface area (TPSA) is 91.7 Å². The Morgan fingerprint density at radius 2 is 2.14 bits per heavy atom. The molecule has 0 aliphatic heterocycles. The molecular formula is C9H13N3O2. The highest BCUT2D eigenvalue weighted by molar-refractivity contribution is 5.20. The predicted molar refractivity (Wildman–Crippen MR) is 52.3 cm³/mol. The van der Waals surface area contributed by atoms with Crippen molar-refractivity contribution < 1.29 is 0 Å². The molecule has 5 heteroatoms. The number of rotatable bonds is 1. The summed E-state index contributed by atoms with van der Waals surface area (Å²) in [6.45, 7) is 0.595. The van der Waals surface area contributed by atoms with Crippen LogP contribution in [0, 0.1) is 5.92 Å². The van der Waals surface area contributed by atoms with Gasteiger partial charge >= 0.3 is 5.69 Å². The van der Waals surface area contributed by atoms with Gasteiger partial charge in [0, 0.05) is 11.3 Å². The largest absolute Gasteiger partial charge is 0.330 e. The number of aryl methyl sites for hydroxylation is 1. The summed E-state index contributed by atoms with van der Waals surface area (Å²) in [4.78, 5) is 27.3. The summed E-state index contributed by atoms with van der Waals surface area (Å²) in [7, 11) is 0. The van der Waals surface area contributed by atoms with Crippen molar-refractivity contribution in [1.82, 2.24) is 9.97 Å². The van der Waals surface area contributed by atoms with E-state index in [1.165, 1.54) is 0 Å². The molecule has 1 aliphatic rings. The van der Waals surface area contributed by atoms with Crippen molar-refractivity contribution in [3.63, 3.8) is 0 Å². The van der Waals surface area contributed by atoms with E-state index < -0.39 is 5.69 Å². The lowest BCUT2D eigenvalue weighted by Gasteiger charge is -2.21. The molecule has 1 heterocycles. The molecule has 1 atom stereocenters. The van der Waals surface area contributed by atoms with Gasteiger partial charge in [0.05, 0.1) is 0 Å². The van der Waals surface area contributed by atoms with Gasteiger partial charge in [0.25, 0.3) is 5.56 Å². The highest BCUT2D eigenvalue weighted by atomic mass is 16.2. The van der Waals surface area contributed by atoms with E-state index in [1.54, 1.807) is 0 Å². The van der Waals surface area contributed by atoms with Crippen molar-refractivity contribution in [2.45, 2.75) is 19.3 Å². The van der Waals surface area contributed by atoms with Gasteiger partial charge in [-0.1, -0.05) is 0 Å². The second-order valence-corrected chi connectivity index (χ2v) is 3.71. The predicted octanol–water partition coefficient (Wildman–Crippen LogP) is -0.873. The fourth-order valence-corrected chi connectivity index (χ4v) is 1.93. The van der Waals surface area contributed by atoms with Crippen LogP contribution in [0.5, 0.6) is 0 Å². The molecule has 14 heavy (non-hydrogen) atoms. The van der Waals surface area contributed by atoms with Gasteiger partial charge in [-0.05, 0) is 31.7 Å². The Balaban J connectivity index is 2.47. The summed E-state index contributed by atoms with van der Waals surface area (Å²) in [6.07, 6.45) is 2.37. The van der Waals surface area contributed by atoms with Gasteiger partial charge in [-0.2, -0.15) is 0 Å². The number of H-pyrrole nitrogens is 2. The van der Waals surface area contributed by atoms with E-state index in [0.717, 1.165) is 18.5 Å². The Labute approximate surface area is 80.4 Å². The average molecular weight is 195 g/mol. The third-order valence-corrected chi connectivity index (χ3v) is 2.76. The number of nitrogens with one attached hydrogen (secondary N) is 2. The number of aromatic nitrogens is 2. The van der Waals surface area contributed by atoms with Gasteiger partial charge in [-0.25, -0.2) is 4.79 Å². The van der Waals surface area contributed by atoms with Crippen molar-refractivity contribution >= 4 is 0 Å². The van der Waals surface area contributed by atoms with Crippen LogP contribution in [0.15, 0.2) is 9.59 Å². The lowest BCUT2D eigenvalue weighted by Crippen LogP contribution is -2.33. The molecule has 0 amide bonds. The normalized spacial score (nSPS) is 20.5. The van der Waals surface area contributed by atoms with Gasteiger partial charge in [0.1, 0.15) is 0 Å². The van der Waals surface area contributed by atoms with E-state index in [-0.39, 0.29) is 5.56 Å². The average Bonchev–Trinajstić information content (AvgIpc) is 2.17. The highest BCUT2D eigenvalue weighted by Gasteiger charge is 2.20. The third-order valence-electron chi connectivity index (χ3n) is 2.76. The van der Waals surface area contributed by atoms with E-state index in [4.69, 9.17) is 5.73 Å². The molecule has 1 aromatic rings. The molecule has 0 saturated heterocycles. The Bertz CT molecular complexity index is 446. The Kier molecular flexibility index (Phi) is 2.25. The number of fused-ring (bicyclic) bond motifs is 1. The van der Waals surface area contributed by atoms with Crippen LogP contribution in [0.4, 0.5) is 0 Å². The van der Waals surface area contributed by atoms with E-state index in [9.17, 15) is 9.59 Å². The van der Waals surface area contributed by atoms with Crippen LogP contribution in [-0.2, 0) is 12.8 Å². The SMILES string of the molecule is NCC1CCc2[nH]c(=O)[nH]c(=O)c2C1. The molecule has 4 N–H and O–H groups in total. The molecule has 76 valence electrons. The third kappa shape index (κ3) is 1.50. The second kappa shape index (κ2) is 3.42. The van der Waals surface area contributed by atoms with Crippen molar-refractivity contribution in [3.8, 4) is 0 Å². The van der Waals surface area contributed by atoms with E-state index in [2.05, 4.69) is 9.97 Å². The number of hydrogen-bond donors (Lipinski definition) is 3. The fourth-order valence-electron chi connectivity index (χ4n) is 1.93. The maximum atomic E-state index is 11.4. The second-order valence-electron chi connectivity index (χ2n) is 3.71. The van der Waals surface area contributed by atoms with Crippen LogP contribution in [-0.4, -0.2) is 16.5 Å². The van der Waals surface area contributed by atoms with Gasteiger partial charge in [0.2, 0.25) is 0 Å². The zero-order valence-electron chi connectivity index (χ0n) is 7.80. The highest BCUT2D eigenvalue weighted by Crippen LogP contribution is 2.19. The van der Waals surface area contributed by atoms with E-state index >= 15 is 0 Å². The standard InChI is InChI=1S/C9H13N3O2/c10-4-5-1-2-7-6(3-5)8(13)12-9(14)11-7/h5H,1-4,10H2,(H2,11,12,13,14). The zero-order chi connectivity index (χ0) is 10.1. The maximum absolute atomic E-state index is 11.4. The Morgan fingerprint density at radius 1 is 1.36 bits per heavy atom. The summed E-state index contributed by atoms with van der Waals surface area (Å²) in [6, 6.07) is 0. The molecule has 0 fully saturated rings. The molecule has 1 aromatic heterocycles. The summed E-state index contributed by atoms with van der Waals surface area (Å²) < 4.78 is 0. The van der Waals surface area contributed by atoms with Crippen molar-refractivity contribution in [3.05, 3.63) is 32.1 Å². The quantitative estimate of drug-likeness (QED) is 0.543. The zero-order valence-corrected chi connectivity index (χ0v) is 7.80. The summed E-state index contributed by atoms with van der Waals surface area (Å²) in [5.41, 5.74) is 6.36. The van der Waals surface area contributed by atoms with Crippen molar-refractivity contribution in [1.29, 1.82) is 0 Å². The maximum Gasteiger partial charge on any atom is 0.325 e. The summed E-state index contributed by atoms with van der Waals surface area (Å²) in [5.74, 6) is 0.370. The van der Waals surface area contributed by atoms with Crippen molar-refractivity contribution in [2.75, 3.05) is 6.54 Å². The van der Waals surface area contributed by atoms with Crippen molar-refractivity contribution in [2.24, 2.45) is 11.7 Å². The molecule has 2 rings (SSSR count). The summed E-state index contributed by atoms with van der Waals surface area (Å²) in [5, 5.41) is 0. The number of hydrogen-bond acceptors (Lipinski definition) is 3. The minimum atomic E-state index is -0.417. The van der Waals surface area contributed by atoms with Crippen LogP contribution in [0.25, 0.3) is 0 Å². The molecule has 0 saturated carbocycles. The molecular weight excluding hydrogens is 182 g/mol. The van der Waals surface area contributed by atoms with Crippen LogP contribution < -0.4 is 17.0 Å². The number of nitrogens with two attached hydrogens (primary N) is 1. The van der Waals surface area contributed by atoms with Crippen LogP contribution >= 0.6 is 0 Å². The first kappa shape index (κ1) is 9.21. The smallest absolute Gasteiger partial charge is 0.325 e. The molecule has 5 nitrogen and oxygen atoms in total. The van der Waals surface area contributed by atoms with E-state index in [0.29, 0.717) is 24.4 Å². The molecule has 0 aromatic carbocycles. The molecule has 1 aliphatic carbocycles. The van der Waals surface area contributed by atoms with Crippen LogP contribution in [0.1, 0.15) is 17.7 Å². The molecule has 1 unspecified atom stereocenters. The van der Waals surface area contributed by atoms with Gasteiger partial charge in [0.15, 0.2) is 0 Å². The molecule has 0 radical (unpaired) electrons.